The average molecular weight is 349 g/mol. The normalized spacial score (nSPS) is 16.9. The summed E-state index contributed by atoms with van der Waals surface area (Å²) in [5, 5.41) is 9.50. The molecule has 25 heavy (non-hydrogen) atoms. The van der Waals surface area contributed by atoms with Crippen LogP contribution < -0.4 is 5.32 Å². The van der Waals surface area contributed by atoms with E-state index in [1.54, 1.807) is 37.3 Å². The van der Waals surface area contributed by atoms with Gasteiger partial charge in [0, 0.05) is 12.7 Å². The van der Waals surface area contributed by atoms with Gasteiger partial charge in [0.2, 0.25) is 0 Å². The number of ether oxygens (including phenoxy) is 2. The Bertz CT molecular complexity index is 693. The van der Waals surface area contributed by atoms with Crippen molar-refractivity contribution in [2.45, 2.75) is 13.0 Å². The van der Waals surface area contributed by atoms with Crippen LogP contribution in [0.2, 0.25) is 0 Å². The van der Waals surface area contributed by atoms with Crippen molar-refractivity contribution in [3.05, 3.63) is 30.3 Å². The largest absolute Gasteiger partial charge is 0.451 e. The third-order valence-electron chi connectivity index (χ3n) is 3.41. The van der Waals surface area contributed by atoms with Gasteiger partial charge in [0.05, 0.1) is 19.9 Å². The molecule has 3 amide bonds. The number of para-hydroxylation sites is 1. The fourth-order valence-corrected chi connectivity index (χ4v) is 2.35. The minimum Gasteiger partial charge on any atom is -0.451 e. The SMILES string of the molecule is COC(=O)N1C(C(=O)Nc2ccccc2)C(C)=NN(C)N1C(=O)OC. The van der Waals surface area contributed by atoms with Gasteiger partial charge in [-0.3, -0.25) is 4.79 Å². The Hall–Kier alpha value is -3.30. The fourth-order valence-electron chi connectivity index (χ4n) is 2.35. The number of methoxy groups -OCH3 is 2. The first-order valence-corrected chi connectivity index (χ1v) is 7.30. The van der Waals surface area contributed by atoms with Gasteiger partial charge in [-0.1, -0.05) is 23.3 Å². The number of amides is 3. The number of rotatable bonds is 2. The molecule has 0 aliphatic carbocycles. The molecule has 1 aliphatic rings. The molecule has 0 radical (unpaired) electrons. The van der Waals surface area contributed by atoms with Crippen LogP contribution in [0.1, 0.15) is 6.92 Å². The summed E-state index contributed by atoms with van der Waals surface area (Å²) >= 11 is 0. The monoisotopic (exact) mass is 349 g/mol. The van der Waals surface area contributed by atoms with Crippen LogP contribution >= 0.6 is 0 Å². The van der Waals surface area contributed by atoms with Crippen LogP contribution in [0.4, 0.5) is 15.3 Å². The molecule has 134 valence electrons. The van der Waals surface area contributed by atoms with Crippen LogP contribution in [0.3, 0.4) is 0 Å². The van der Waals surface area contributed by atoms with E-state index in [9.17, 15) is 14.4 Å². The summed E-state index contributed by atoms with van der Waals surface area (Å²) in [5.41, 5.74) is 0.829. The lowest BCUT2D eigenvalue weighted by molar-refractivity contribution is -0.157. The molecule has 0 fully saturated rings. The molecule has 0 saturated heterocycles. The van der Waals surface area contributed by atoms with Gasteiger partial charge in [0.15, 0.2) is 6.04 Å². The molecule has 1 N–H and O–H groups in total. The number of carbonyl (C=O) groups excluding carboxylic acids is 3. The summed E-state index contributed by atoms with van der Waals surface area (Å²) < 4.78 is 9.38. The van der Waals surface area contributed by atoms with Crippen LogP contribution in [0, 0.1) is 0 Å². The van der Waals surface area contributed by atoms with E-state index in [2.05, 4.69) is 15.2 Å². The molecule has 0 saturated carbocycles. The van der Waals surface area contributed by atoms with E-state index in [0.717, 1.165) is 29.5 Å². The molecular formula is C15H19N5O5. The van der Waals surface area contributed by atoms with Crippen molar-refractivity contribution < 1.29 is 23.9 Å². The predicted octanol–water partition coefficient (Wildman–Crippen LogP) is 1.28. The molecular weight excluding hydrogens is 330 g/mol. The van der Waals surface area contributed by atoms with Crippen LogP contribution in [-0.4, -0.2) is 66.4 Å². The first kappa shape index (κ1) is 18.0. The Labute approximate surface area is 144 Å². The number of hydrazine groups is 2. The topological polar surface area (TPSA) is 104 Å². The number of hydrogen-bond acceptors (Lipinski definition) is 7. The van der Waals surface area contributed by atoms with Crippen LogP contribution in [0.15, 0.2) is 35.4 Å². The van der Waals surface area contributed by atoms with Gasteiger partial charge in [0.25, 0.3) is 5.91 Å². The van der Waals surface area contributed by atoms with Gasteiger partial charge in [0.1, 0.15) is 0 Å². The van der Waals surface area contributed by atoms with E-state index in [4.69, 9.17) is 4.74 Å². The van der Waals surface area contributed by atoms with E-state index in [1.165, 1.54) is 7.05 Å². The summed E-state index contributed by atoms with van der Waals surface area (Å²) in [5.74, 6) is -0.556. The fraction of sp³-hybridized carbons (Fsp3) is 0.333. The summed E-state index contributed by atoms with van der Waals surface area (Å²) in [6.07, 6.45) is -1.82. The van der Waals surface area contributed by atoms with E-state index in [-0.39, 0.29) is 0 Å². The minimum absolute atomic E-state index is 0.293. The second kappa shape index (κ2) is 7.51. The highest BCUT2D eigenvalue weighted by atomic mass is 16.6. The molecule has 1 atom stereocenters. The van der Waals surface area contributed by atoms with E-state index >= 15 is 0 Å². The van der Waals surface area contributed by atoms with E-state index in [1.807, 2.05) is 0 Å². The Morgan fingerprint density at radius 3 is 2.24 bits per heavy atom. The van der Waals surface area contributed by atoms with Crippen molar-refractivity contribution in [1.29, 1.82) is 0 Å². The predicted molar refractivity (Wildman–Crippen MR) is 88.2 cm³/mol. The zero-order valence-corrected chi connectivity index (χ0v) is 14.3. The lowest BCUT2D eigenvalue weighted by Crippen LogP contribution is -2.66. The molecule has 2 rings (SSSR count). The van der Waals surface area contributed by atoms with Gasteiger partial charge in [-0.25, -0.2) is 9.59 Å². The van der Waals surface area contributed by atoms with Crippen LogP contribution in [0.5, 0.6) is 0 Å². The van der Waals surface area contributed by atoms with E-state index < -0.39 is 24.1 Å². The van der Waals surface area contributed by atoms with Gasteiger partial charge >= 0.3 is 12.2 Å². The third-order valence-corrected chi connectivity index (χ3v) is 3.41. The number of benzene rings is 1. The third kappa shape index (κ3) is 3.62. The second-order valence-electron chi connectivity index (χ2n) is 5.06. The molecule has 1 aliphatic heterocycles. The zero-order valence-electron chi connectivity index (χ0n) is 14.3. The van der Waals surface area contributed by atoms with Crippen molar-refractivity contribution in [3.63, 3.8) is 0 Å². The summed E-state index contributed by atoms with van der Waals surface area (Å²) in [4.78, 5) is 37.0. The molecule has 1 aromatic carbocycles. The summed E-state index contributed by atoms with van der Waals surface area (Å²) in [7, 11) is 3.72. The Balaban J connectivity index is 2.40. The number of carbonyl (C=O) groups is 3. The zero-order chi connectivity index (χ0) is 18.6. The maximum atomic E-state index is 12.7. The average Bonchev–Trinajstić information content (AvgIpc) is 2.60. The lowest BCUT2D eigenvalue weighted by atomic mass is 10.1. The Kier molecular flexibility index (Phi) is 5.42. The number of hydrazone groups is 1. The van der Waals surface area contributed by atoms with Crippen LogP contribution in [-0.2, 0) is 14.3 Å². The van der Waals surface area contributed by atoms with Crippen molar-refractivity contribution >= 4 is 29.5 Å². The molecule has 10 heteroatoms. The quantitative estimate of drug-likeness (QED) is 0.863. The molecule has 1 aromatic rings. The van der Waals surface area contributed by atoms with Gasteiger partial charge in [-0.05, 0) is 19.1 Å². The lowest BCUT2D eigenvalue weighted by Gasteiger charge is -2.43. The summed E-state index contributed by atoms with van der Waals surface area (Å²) in [6, 6.07) is 7.51. The first-order chi connectivity index (χ1) is 11.9. The first-order valence-electron chi connectivity index (χ1n) is 7.30. The standard InChI is InChI=1S/C15H19N5O5/c1-10-12(13(21)16-11-8-6-5-7-9-11)19(14(22)24-3)20(15(23)25-4)18(2)17-10/h5-9,12H,1-4H3,(H,16,21). The summed E-state index contributed by atoms with van der Waals surface area (Å²) in [6.45, 7) is 1.57. The van der Waals surface area contributed by atoms with Crippen molar-refractivity contribution in [3.8, 4) is 0 Å². The van der Waals surface area contributed by atoms with Gasteiger partial charge in [-0.2, -0.15) is 15.2 Å². The van der Waals surface area contributed by atoms with E-state index in [0.29, 0.717) is 11.4 Å². The molecule has 10 nitrogen and oxygen atoms in total. The molecule has 0 bridgehead atoms. The van der Waals surface area contributed by atoms with Gasteiger partial charge < -0.3 is 14.8 Å². The highest BCUT2D eigenvalue weighted by Gasteiger charge is 2.45. The number of nitrogens with one attached hydrogen (secondary N) is 1. The van der Waals surface area contributed by atoms with Crippen LogP contribution in [0.25, 0.3) is 0 Å². The number of hydrogen-bond donors (Lipinski definition) is 1. The maximum Gasteiger partial charge on any atom is 0.450 e. The van der Waals surface area contributed by atoms with Crippen molar-refractivity contribution in [2.24, 2.45) is 5.10 Å². The van der Waals surface area contributed by atoms with Gasteiger partial charge in [-0.15, -0.1) is 0 Å². The van der Waals surface area contributed by atoms with Crippen molar-refractivity contribution in [2.75, 3.05) is 26.6 Å². The molecule has 1 heterocycles. The highest BCUT2D eigenvalue weighted by Crippen LogP contribution is 2.20. The highest BCUT2D eigenvalue weighted by molar-refractivity contribution is 6.13. The number of nitrogens with zero attached hydrogens (tertiary/aromatic N) is 4. The molecule has 0 spiro atoms. The maximum absolute atomic E-state index is 12.7. The second-order valence-corrected chi connectivity index (χ2v) is 5.06. The Morgan fingerprint density at radius 2 is 1.68 bits per heavy atom. The number of anilines is 1. The molecule has 1 unspecified atom stereocenters. The smallest absolute Gasteiger partial charge is 0.450 e. The minimum atomic E-state index is -1.19. The molecule has 0 aromatic heterocycles. The van der Waals surface area contributed by atoms with Crippen molar-refractivity contribution in [1.82, 2.24) is 15.2 Å². The Morgan fingerprint density at radius 1 is 1.08 bits per heavy atom.